The van der Waals surface area contributed by atoms with E-state index in [4.69, 9.17) is 0 Å². The van der Waals surface area contributed by atoms with Crippen LogP contribution in [0.5, 0.6) is 0 Å². The van der Waals surface area contributed by atoms with Gasteiger partial charge in [0, 0.05) is 44.1 Å². The highest BCUT2D eigenvalue weighted by Gasteiger charge is 2.15. The smallest absolute Gasteiger partial charge is 0.257 e. The van der Waals surface area contributed by atoms with E-state index in [-0.39, 0.29) is 11.8 Å². The first kappa shape index (κ1) is 20.2. The molecule has 2 amide bonds. The minimum Gasteiger partial charge on any atom is -0.341 e. The van der Waals surface area contributed by atoms with Crippen molar-refractivity contribution in [2.45, 2.75) is 19.8 Å². The van der Waals surface area contributed by atoms with Gasteiger partial charge in [0.25, 0.3) is 11.8 Å². The Hall–Kier alpha value is -3.54. The fourth-order valence-electron chi connectivity index (χ4n) is 2.99. The lowest BCUT2D eigenvalue weighted by atomic mass is 10.1. The SMILES string of the molecule is CCc1ccccc1NC(=O)c1cncc(C(=O)N(C)CCc2ccncc2)c1. The van der Waals surface area contributed by atoms with Crippen molar-refractivity contribution in [3.63, 3.8) is 0 Å². The van der Waals surface area contributed by atoms with E-state index in [0.717, 1.165) is 29.7 Å². The Bertz CT molecular complexity index is 989. The highest BCUT2D eigenvalue weighted by Crippen LogP contribution is 2.17. The van der Waals surface area contributed by atoms with E-state index in [1.54, 1.807) is 30.4 Å². The molecule has 0 fully saturated rings. The van der Waals surface area contributed by atoms with E-state index in [9.17, 15) is 9.59 Å². The fraction of sp³-hybridized carbons (Fsp3) is 0.217. The van der Waals surface area contributed by atoms with E-state index in [2.05, 4.69) is 15.3 Å². The lowest BCUT2D eigenvalue weighted by Gasteiger charge is -2.17. The predicted octanol–water partition coefficient (Wildman–Crippen LogP) is 3.61. The van der Waals surface area contributed by atoms with E-state index >= 15 is 0 Å². The number of para-hydroxylation sites is 1. The average Bonchev–Trinajstić information content (AvgIpc) is 2.78. The average molecular weight is 388 g/mol. The van der Waals surface area contributed by atoms with Crippen LogP contribution >= 0.6 is 0 Å². The number of aromatic nitrogens is 2. The number of carbonyl (C=O) groups is 2. The third-order valence-corrected chi connectivity index (χ3v) is 4.73. The summed E-state index contributed by atoms with van der Waals surface area (Å²) in [7, 11) is 1.74. The zero-order valence-corrected chi connectivity index (χ0v) is 16.6. The molecule has 0 bridgehead atoms. The van der Waals surface area contributed by atoms with Crippen LogP contribution in [0.1, 0.15) is 38.8 Å². The number of nitrogens with zero attached hydrogens (tertiary/aromatic N) is 3. The van der Waals surface area contributed by atoms with Gasteiger partial charge in [0.15, 0.2) is 0 Å². The number of benzene rings is 1. The van der Waals surface area contributed by atoms with Crippen LogP contribution in [0.4, 0.5) is 5.69 Å². The number of pyridine rings is 2. The van der Waals surface area contributed by atoms with Crippen molar-refractivity contribution in [2.24, 2.45) is 0 Å². The highest BCUT2D eigenvalue weighted by molar-refractivity contribution is 6.06. The molecule has 0 aliphatic rings. The van der Waals surface area contributed by atoms with Gasteiger partial charge in [0.2, 0.25) is 0 Å². The summed E-state index contributed by atoms with van der Waals surface area (Å²) in [5, 5.41) is 2.91. The van der Waals surface area contributed by atoms with Crippen LogP contribution in [0.15, 0.2) is 67.3 Å². The highest BCUT2D eigenvalue weighted by atomic mass is 16.2. The van der Waals surface area contributed by atoms with Gasteiger partial charge in [-0.05, 0) is 48.2 Å². The molecule has 1 aromatic carbocycles. The van der Waals surface area contributed by atoms with Gasteiger partial charge in [0.05, 0.1) is 11.1 Å². The summed E-state index contributed by atoms with van der Waals surface area (Å²) in [4.78, 5) is 35.1. The summed E-state index contributed by atoms with van der Waals surface area (Å²) < 4.78 is 0. The van der Waals surface area contributed by atoms with Gasteiger partial charge in [-0.1, -0.05) is 25.1 Å². The van der Waals surface area contributed by atoms with Gasteiger partial charge < -0.3 is 10.2 Å². The second-order valence-electron chi connectivity index (χ2n) is 6.76. The number of nitrogens with one attached hydrogen (secondary N) is 1. The lowest BCUT2D eigenvalue weighted by molar-refractivity contribution is 0.0796. The minimum absolute atomic E-state index is 0.171. The topological polar surface area (TPSA) is 75.2 Å². The van der Waals surface area contributed by atoms with Crippen molar-refractivity contribution in [1.82, 2.24) is 14.9 Å². The van der Waals surface area contributed by atoms with Crippen molar-refractivity contribution >= 4 is 17.5 Å². The molecular formula is C23H24N4O2. The van der Waals surface area contributed by atoms with E-state index in [1.807, 2.05) is 43.3 Å². The molecule has 0 radical (unpaired) electrons. The zero-order valence-electron chi connectivity index (χ0n) is 16.6. The maximum atomic E-state index is 12.7. The summed E-state index contributed by atoms with van der Waals surface area (Å²) in [5.74, 6) is -0.456. The lowest BCUT2D eigenvalue weighted by Crippen LogP contribution is -2.29. The molecule has 0 atom stereocenters. The molecule has 0 spiro atoms. The normalized spacial score (nSPS) is 10.4. The first-order valence-corrected chi connectivity index (χ1v) is 9.57. The Labute approximate surface area is 170 Å². The molecule has 0 aliphatic heterocycles. The monoisotopic (exact) mass is 388 g/mol. The van der Waals surface area contributed by atoms with Crippen LogP contribution in [-0.4, -0.2) is 40.3 Å². The molecule has 3 aromatic rings. The molecule has 2 heterocycles. The molecular weight excluding hydrogens is 364 g/mol. The first-order chi connectivity index (χ1) is 14.1. The molecule has 3 rings (SSSR count). The number of aryl methyl sites for hydroxylation is 1. The van der Waals surface area contributed by atoms with Crippen molar-refractivity contribution in [2.75, 3.05) is 18.9 Å². The van der Waals surface area contributed by atoms with Crippen LogP contribution in [0.3, 0.4) is 0 Å². The predicted molar refractivity (Wildman–Crippen MR) is 113 cm³/mol. The maximum absolute atomic E-state index is 12.7. The molecule has 6 heteroatoms. The van der Waals surface area contributed by atoms with E-state index < -0.39 is 0 Å². The molecule has 0 unspecified atom stereocenters. The summed E-state index contributed by atoms with van der Waals surface area (Å²) in [6, 6.07) is 13.1. The summed E-state index contributed by atoms with van der Waals surface area (Å²) in [6.45, 7) is 2.59. The minimum atomic E-state index is -0.285. The van der Waals surface area contributed by atoms with Gasteiger partial charge in [0.1, 0.15) is 0 Å². The Morgan fingerprint density at radius 2 is 1.72 bits per heavy atom. The summed E-state index contributed by atoms with van der Waals surface area (Å²) in [6.07, 6.45) is 7.97. The number of rotatable bonds is 7. The first-order valence-electron chi connectivity index (χ1n) is 9.57. The maximum Gasteiger partial charge on any atom is 0.257 e. The van der Waals surface area contributed by atoms with Gasteiger partial charge in [-0.2, -0.15) is 0 Å². The van der Waals surface area contributed by atoms with Gasteiger partial charge in [-0.25, -0.2) is 0 Å². The third-order valence-electron chi connectivity index (χ3n) is 4.73. The van der Waals surface area contributed by atoms with Crippen LogP contribution in [0, 0.1) is 0 Å². The van der Waals surface area contributed by atoms with E-state index in [0.29, 0.717) is 17.7 Å². The quantitative estimate of drug-likeness (QED) is 0.671. The van der Waals surface area contributed by atoms with Crippen molar-refractivity contribution in [1.29, 1.82) is 0 Å². The molecule has 148 valence electrons. The second kappa shape index (κ2) is 9.59. The second-order valence-corrected chi connectivity index (χ2v) is 6.76. The molecule has 1 N–H and O–H groups in total. The van der Waals surface area contributed by atoms with Crippen LogP contribution in [-0.2, 0) is 12.8 Å². The number of hydrogen-bond acceptors (Lipinski definition) is 4. The molecule has 0 saturated heterocycles. The van der Waals surface area contributed by atoms with Gasteiger partial charge in [-0.3, -0.25) is 19.6 Å². The third kappa shape index (κ3) is 5.25. The Morgan fingerprint density at radius 3 is 2.48 bits per heavy atom. The molecule has 0 aliphatic carbocycles. The molecule has 29 heavy (non-hydrogen) atoms. The van der Waals surface area contributed by atoms with Gasteiger partial charge >= 0.3 is 0 Å². The number of likely N-dealkylation sites (N-methyl/N-ethyl adjacent to an activating group) is 1. The molecule has 6 nitrogen and oxygen atoms in total. The van der Waals surface area contributed by atoms with Crippen molar-refractivity contribution in [3.05, 3.63) is 89.5 Å². The van der Waals surface area contributed by atoms with Crippen LogP contribution in [0.25, 0.3) is 0 Å². The van der Waals surface area contributed by atoms with E-state index in [1.165, 1.54) is 12.4 Å². The number of hydrogen-bond donors (Lipinski definition) is 1. The Morgan fingerprint density at radius 1 is 1.00 bits per heavy atom. The summed E-state index contributed by atoms with van der Waals surface area (Å²) >= 11 is 0. The molecule has 2 aromatic heterocycles. The van der Waals surface area contributed by atoms with Crippen molar-refractivity contribution in [3.8, 4) is 0 Å². The molecule has 0 saturated carbocycles. The number of amides is 2. The van der Waals surface area contributed by atoms with Crippen LogP contribution < -0.4 is 5.32 Å². The van der Waals surface area contributed by atoms with Crippen molar-refractivity contribution < 1.29 is 9.59 Å². The van der Waals surface area contributed by atoms with Gasteiger partial charge in [-0.15, -0.1) is 0 Å². The number of anilines is 1. The summed E-state index contributed by atoms with van der Waals surface area (Å²) in [5.41, 5.74) is 3.67. The standard InChI is InChI=1S/C23H24N4O2/c1-3-18-6-4-5-7-21(18)26-22(28)19-14-20(16-25-15-19)23(29)27(2)13-10-17-8-11-24-12-9-17/h4-9,11-12,14-16H,3,10,13H2,1-2H3,(H,26,28). The van der Waals surface area contributed by atoms with Crippen LogP contribution in [0.2, 0.25) is 0 Å². The Balaban J connectivity index is 1.67. The Kier molecular flexibility index (Phi) is 6.68. The number of carbonyl (C=O) groups excluding carboxylic acids is 2. The largest absolute Gasteiger partial charge is 0.341 e. The zero-order chi connectivity index (χ0) is 20.6. The fourth-order valence-corrected chi connectivity index (χ4v) is 2.99.